The van der Waals surface area contributed by atoms with E-state index in [4.69, 9.17) is 4.99 Å². The molecular weight excluding hydrogens is 457 g/mol. The zero-order valence-electron chi connectivity index (χ0n) is 17.0. The summed E-state index contributed by atoms with van der Waals surface area (Å²) < 4.78 is 0. The summed E-state index contributed by atoms with van der Waals surface area (Å²) >= 11 is 0. The molecule has 7 nitrogen and oxygen atoms in total. The van der Waals surface area contributed by atoms with Crippen LogP contribution in [0.15, 0.2) is 4.99 Å². The first-order valence-corrected chi connectivity index (χ1v) is 10.2. The molecule has 2 unspecified atom stereocenters. The van der Waals surface area contributed by atoms with Crippen molar-refractivity contribution in [2.24, 2.45) is 4.99 Å². The number of hydrogen-bond acceptors (Lipinski definition) is 3. The van der Waals surface area contributed by atoms with Crippen molar-refractivity contribution in [3.63, 3.8) is 0 Å². The molecule has 2 aliphatic rings. The molecular formula is C19H36IN5O2. The van der Waals surface area contributed by atoms with Crippen LogP contribution in [0.1, 0.15) is 59.3 Å². The van der Waals surface area contributed by atoms with Crippen molar-refractivity contribution in [3.05, 3.63) is 0 Å². The van der Waals surface area contributed by atoms with Crippen molar-refractivity contribution in [1.29, 1.82) is 0 Å². The normalized spacial score (nSPS) is 21.2. The van der Waals surface area contributed by atoms with Gasteiger partial charge in [-0.3, -0.25) is 14.6 Å². The van der Waals surface area contributed by atoms with Gasteiger partial charge in [-0.05, 0) is 32.6 Å². The Kier molecular flexibility index (Phi) is 11.0. The van der Waals surface area contributed by atoms with Gasteiger partial charge < -0.3 is 20.4 Å². The average Bonchev–Trinajstić information content (AvgIpc) is 3.27. The minimum absolute atomic E-state index is 0. The number of aliphatic imine (C=N–C) groups is 1. The van der Waals surface area contributed by atoms with Crippen molar-refractivity contribution in [1.82, 2.24) is 20.4 Å². The van der Waals surface area contributed by atoms with Crippen molar-refractivity contribution in [2.75, 3.05) is 32.7 Å². The average molecular weight is 493 g/mol. The molecule has 0 aromatic rings. The van der Waals surface area contributed by atoms with Crippen molar-refractivity contribution >= 4 is 41.8 Å². The molecule has 27 heavy (non-hydrogen) atoms. The fraction of sp³-hybridized carbons (Fsp3) is 0.842. The van der Waals surface area contributed by atoms with Crippen molar-refractivity contribution in [2.45, 2.75) is 71.4 Å². The van der Waals surface area contributed by atoms with E-state index in [0.717, 1.165) is 57.8 Å². The van der Waals surface area contributed by atoms with Gasteiger partial charge in [-0.1, -0.05) is 13.8 Å². The van der Waals surface area contributed by atoms with Crippen LogP contribution in [-0.4, -0.2) is 72.4 Å². The number of carbonyl (C=O) groups excluding carboxylic acids is 2. The number of carbonyl (C=O) groups is 2. The first-order chi connectivity index (χ1) is 12.6. The van der Waals surface area contributed by atoms with Gasteiger partial charge in [0.1, 0.15) is 0 Å². The fourth-order valence-electron chi connectivity index (χ4n) is 3.80. The Morgan fingerprint density at radius 1 is 1.30 bits per heavy atom. The van der Waals surface area contributed by atoms with Crippen molar-refractivity contribution < 1.29 is 9.59 Å². The predicted molar refractivity (Wildman–Crippen MR) is 119 cm³/mol. The topological polar surface area (TPSA) is 77.0 Å². The molecule has 8 heteroatoms. The van der Waals surface area contributed by atoms with E-state index in [9.17, 15) is 9.59 Å². The molecule has 2 aliphatic heterocycles. The quantitative estimate of drug-likeness (QED) is 0.308. The monoisotopic (exact) mass is 493 g/mol. The molecule has 2 amide bonds. The number of guanidine groups is 1. The Labute approximate surface area is 180 Å². The number of nitrogens with one attached hydrogen (secondary N) is 2. The Bertz CT molecular complexity index is 514. The first kappa shape index (κ1) is 24.0. The standard InChI is InChI=1S/C19H35N5O2.HI/c1-4-16(24-12-7-8-18(24)26)9-11-21-19(20-6-3)22-15-10-13-23(14-15)17(25)5-2;/h15-16H,4-14H2,1-3H3,(H2,20,21,22);1H. The SMILES string of the molecule is CCNC(=NCCC(CC)N1CCCC1=O)NC1CCN(C(=O)CC)C1.I. The minimum atomic E-state index is 0. The Hall–Kier alpha value is -1.06. The van der Waals surface area contributed by atoms with E-state index in [1.54, 1.807) is 0 Å². The van der Waals surface area contributed by atoms with Gasteiger partial charge in [-0.25, -0.2) is 0 Å². The van der Waals surface area contributed by atoms with Crippen LogP contribution in [0.4, 0.5) is 0 Å². The zero-order valence-corrected chi connectivity index (χ0v) is 19.3. The molecule has 0 saturated carbocycles. The molecule has 0 bridgehead atoms. The molecule has 0 spiro atoms. The molecule has 2 fully saturated rings. The summed E-state index contributed by atoms with van der Waals surface area (Å²) in [5, 5.41) is 6.75. The van der Waals surface area contributed by atoms with Crippen LogP contribution in [-0.2, 0) is 9.59 Å². The van der Waals surface area contributed by atoms with E-state index in [-0.39, 0.29) is 41.8 Å². The number of hydrogen-bond donors (Lipinski definition) is 2. The highest BCUT2D eigenvalue weighted by atomic mass is 127. The molecule has 2 N–H and O–H groups in total. The number of rotatable bonds is 8. The number of nitrogens with zero attached hydrogens (tertiary/aromatic N) is 3. The lowest BCUT2D eigenvalue weighted by Crippen LogP contribution is -2.45. The van der Waals surface area contributed by atoms with Crippen molar-refractivity contribution in [3.8, 4) is 0 Å². The minimum Gasteiger partial charge on any atom is -0.357 e. The molecule has 156 valence electrons. The molecule has 0 aromatic heterocycles. The lowest BCUT2D eigenvalue weighted by Gasteiger charge is -2.26. The predicted octanol–water partition coefficient (Wildman–Crippen LogP) is 1.96. The zero-order chi connectivity index (χ0) is 18.9. The summed E-state index contributed by atoms with van der Waals surface area (Å²) in [6, 6.07) is 0.547. The Balaban J connectivity index is 0.00000364. The summed E-state index contributed by atoms with van der Waals surface area (Å²) in [5.41, 5.74) is 0. The highest BCUT2D eigenvalue weighted by Crippen LogP contribution is 2.18. The van der Waals surface area contributed by atoms with E-state index in [1.807, 2.05) is 16.7 Å². The van der Waals surface area contributed by atoms with Gasteiger partial charge >= 0.3 is 0 Å². The highest BCUT2D eigenvalue weighted by Gasteiger charge is 2.27. The summed E-state index contributed by atoms with van der Waals surface area (Å²) in [5.74, 6) is 1.32. The van der Waals surface area contributed by atoms with E-state index in [0.29, 0.717) is 25.4 Å². The fourth-order valence-corrected chi connectivity index (χ4v) is 3.80. The molecule has 0 radical (unpaired) electrons. The van der Waals surface area contributed by atoms with Gasteiger partial charge in [0, 0.05) is 57.6 Å². The number of amides is 2. The first-order valence-electron chi connectivity index (χ1n) is 10.2. The highest BCUT2D eigenvalue weighted by molar-refractivity contribution is 14.0. The smallest absolute Gasteiger partial charge is 0.222 e. The second-order valence-electron chi connectivity index (χ2n) is 7.13. The summed E-state index contributed by atoms with van der Waals surface area (Å²) in [6.45, 7) is 10.1. The second kappa shape index (κ2) is 12.4. The summed E-state index contributed by atoms with van der Waals surface area (Å²) in [7, 11) is 0. The van der Waals surface area contributed by atoms with Crippen LogP contribution >= 0.6 is 24.0 Å². The van der Waals surface area contributed by atoms with Crippen LogP contribution in [0.25, 0.3) is 0 Å². The number of halogens is 1. The van der Waals surface area contributed by atoms with E-state index < -0.39 is 0 Å². The Morgan fingerprint density at radius 3 is 2.67 bits per heavy atom. The largest absolute Gasteiger partial charge is 0.357 e. The maximum Gasteiger partial charge on any atom is 0.222 e. The van der Waals surface area contributed by atoms with E-state index >= 15 is 0 Å². The molecule has 0 aromatic carbocycles. The van der Waals surface area contributed by atoms with Gasteiger partial charge in [-0.2, -0.15) is 0 Å². The lowest BCUT2D eigenvalue weighted by molar-refractivity contribution is -0.130. The number of likely N-dealkylation sites (tertiary alicyclic amines) is 2. The van der Waals surface area contributed by atoms with Crippen LogP contribution in [0.2, 0.25) is 0 Å². The summed E-state index contributed by atoms with van der Waals surface area (Å²) in [6.07, 6.45) is 5.06. The maximum absolute atomic E-state index is 11.9. The Morgan fingerprint density at radius 2 is 2.07 bits per heavy atom. The summed E-state index contributed by atoms with van der Waals surface area (Å²) in [4.78, 5) is 32.4. The molecule has 2 saturated heterocycles. The third-order valence-corrected chi connectivity index (χ3v) is 5.28. The van der Waals surface area contributed by atoms with Gasteiger partial charge in [0.2, 0.25) is 11.8 Å². The second-order valence-corrected chi connectivity index (χ2v) is 7.13. The van der Waals surface area contributed by atoms with E-state index in [2.05, 4.69) is 24.5 Å². The molecule has 2 atom stereocenters. The van der Waals surface area contributed by atoms with Crippen LogP contribution in [0, 0.1) is 0 Å². The van der Waals surface area contributed by atoms with Gasteiger partial charge in [0.25, 0.3) is 0 Å². The maximum atomic E-state index is 11.9. The third kappa shape index (κ3) is 7.12. The van der Waals surface area contributed by atoms with Crippen LogP contribution in [0.3, 0.4) is 0 Å². The van der Waals surface area contributed by atoms with Crippen LogP contribution < -0.4 is 10.6 Å². The van der Waals surface area contributed by atoms with E-state index in [1.165, 1.54) is 0 Å². The van der Waals surface area contributed by atoms with Gasteiger partial charge in [0.15, 0.2) is 5.96 Å². The third-order valence-electron chi connectivity index (χ3n) is 5.28. The van der Waals surface area contributed by atoms with Gasteiger partial charge in [0.05, 0.1) is 0 Å². The molecule has 2 heterocycles. The van der Waals surface area contributed by atoms with Crippen LogP contribution in [0.5, 0.6) is 0 Å². The molecule has 2 rings (SSSR count). The lowest BCUT2D eigenvalue weighted by atomic mass is 10.1. The van der Waals surface area contributed by atoms with Gasteiger partial charge in [-0.15, -0.1) is 24.0 Å². The molecule has 0 aliphatic carbocycles.